The van der Waals surface area contributed by atoms with Crippen LogP contribution in [-0.2, 0) is 0 Å². The molecule has 1 aliphatic heterocycles. The molecule has 2 N–H and O–H groups in total. The first-order valence-electron chi connectivity index (χ1n) is 8.64. The summed E-state index contributed by atoms with van der Waals surface area (Å²) >= 11 is 6.01. The van der Waals surface area contributed by atoms with Gasteiger partial charge < -0.3 is 15.0 Å². The zero-order valence-corrected chi connectivity index (χ0v) is 15.1. The lowest BCUT2D eigenvalue weighted by atomic mass is 10.2. The molecule has 3 rings (SSSR count). The van der Waals surface area contributed by atoms with Gasteiger partial charge in [-0.2, -0.15) is 5.10 Å². The molecule has 0 radical (unpaired) electrons. The summed E-state index contributed by atoms with van der Waals surface area (Å²) in [5.41, 5.74) is 0.908. The number of fused-ring (bicyclic) bond motifs is 1. The molecule has 26 heavy (non-hydrogen) atoms. The summed E-state index contributed by atoms with van der Waals surface area (Å²) in [6.07, 6.45) is 3.79. The van der Waals surface area contributed by atoms with Gasteiger partial charge in [0.15, 0.2) is 0 Å². The molecule has 1 aromatic carbocycles. The zero-order valence-electron chi connectivity index (χ0n) is 14.3. The van der Waals surface area contributed by atoms with Crippen molar-refractivity contribution >= 4 is 23.4 Å². The maximum Gasteiger partial charge on any atom is 0.271 e. The molecular weight excluding hydrogens is 356 g/mol. The second-order valence-electron chi connectivity index (χ2n) is 6.07. The molecule has 0 fully saturated rings. The topological polar surface area (TPSA) is 87.3 Å². The van der Waals surface area contributed by atoms with Crippen molar-refractivity contribution in [2.24, 2.45) is 0 Å². The van der Waals surface area contributed by atoms with E-state index >= 15 is 0 Å². The van der Waals surface area contributed by atoms with Crippen molar-refractivity contribution < 1.29 is 14.3 Å². The van der Waals surface area contributed by atoms with Gasteiger partial charge in [0.05, 0.1) is 12.2 Å². The number of aromatic amines is 1. The third-order valence-electron chi connectivity index (χ3n) is 4.17. The van der Waals surface area contributed by atoms with E-state index in [0.717, 1.165) is 12.8 Å². The summed E-state index contributed by atoms with van der Waals surface area (Å²) in [7, 11) is 0. The maximum atomic E-state index is 12.6. The zero-order chi connectivity index (χ0) is 18.4. The number of H-pyrrole nitrogens is 1. The largest absolute Gasteiger partial charge is 0.493 e. The molecule has 1 aromatic heterocycles. The van der Waals surface area contributed by atoms with Gasteiger partial charge in [0.2, 0.25) is 0 Å². The van der Waals surface area contributed by atoms with Gasteiger partial charge in [-0.25, -0.2) is 0 Å². The van der Waals surface area contributed by atoms with Gasteiger partial charge >= 0.3 is 0 Å². The van der Waals surface area contributed by atoms with Crippen LogP contribution in [0.15, 0.2) is 30.5 Å². The van der Waals surface area contributed by atoms with Crippen LogP contribution in [-0.4, -0.2) is 53.2 Å². The highest BCUT2D eigenvalue weighted by atomic mass is 35.5. The van der Waals surface area contributed by atoms with Crippen LogP contribution in [0.3, 0.4) is 0 Å². The monoisotopic (exact) mass is 376 g/mol. The summed E-state index contributed by atoms with van der Waals surface area (Å²) in [6.45, 7) is 2.11. The molecule has 1 aliphatic rings. The van der Waals surface area contributed by atoms with Gasteiger partial charge in [0.25, 0.3) is 11.8 Å². The van der Waals surface area contributed by atoms with E-state index in [1.807, 2.05) is 0 Å². The number of rotatable bonds is 1. The Kier molecular flexibility index (Phi) is 6.12. The van der Waals surface area contributed by atoms with Crippen LogP contribution in [0.5, 0.6) is 5.75 Å². The van der Waals surface area contributed by atoms with Gasteiger partial charge in [-0.05, 0) is 43.5 Å². The number of nitrogens with zero attached hydrogens (tertiary/aromatic N) is 2. The molecule has 0 bridgehead atoms. The molecule has 138 valence electrons. The third-order valence-corrected chi connectivity index (χ3v) is 4.41. The van der Waals surface area contributed by atoms with Crippen LogP contribution in [0.2, 0.25) is 5.02 Å². The molecule has 0 atom stereocenters. The van der Waals surface area contributed by atoms with Crippen LogP contribution in [0, 0.1) is 0 Å². The van der Waals surface area contributed by atoms with E-state index in [2.05, 4.69) is 15.5 Å². The summed E-state index contributed by atoms with van der Waals surface area (Å²) in [6, 6.07) is 6.67. The number of amides is 2. The number of ether oxygens (including phenoxy) is 1. The Balaban J connectivity index is 1.71. The maximum absolute atomic E-state index is 12.6. The molecular formula is C18H21ClN4O3. The molecule has 2 amide bonds. The number of benzene rings is 1. The van der Waals surface area contributed by atoms with Crippen molar-refractivity contribution in [1.82, 2.24) is 20.4 Å². The van der Waals surface area contributed by atoms with Crippen molar-refractivity contribution in [1.29, 1.82) is 0 Å². The lowest BCUT2D eigenvalue weighted by Gasteiger charge is -2.22. The minimum absolute atomic E-state index is 0.0754. The highest BCUT2D eigenvalue weighted by molar-refractivity contribution is 6.31. The molecule has 0 unspecified atom stereocenters. The van der Waals surface area contributed by atoms with Crippen molar-refractivity contribution in [3.05, 3.63) is 46.7 Å². The van der Waals surface area contributed by atoms with Crippen molar-refractivity contribution in [2.75, 3.05) is 26.2 Å². The molecule has 2 aromatic rings. The number of hydrogen-bond acceptors (Lipinski definition) is 4. The van der Waals surface area contributed by atoms with E-state index in [0.29, 0.717) is 54.7 Å². The Morgan fingerprint density at radius 1 is 1.19 bits per heavy atom. The summed E-state index contributed by atoms with van der Waals surface area (Å²) < 4.78 is 5.77. The van der Waals surface area contributed by atoms with E-state index in [1.54, 1.807) is 35.4 Å². The van der Waals surface area contributed by atoms with E-state index in [9.17, 15) is 9.59 Å². The van der Waals surface area contributed by atoms with Crippen molar-refractivity contribution in [3.63, 3.8) is 0 Å². The highest BCUT2D eigenvalue weighted by Crippen LogP contribution is 2.23. The third kappa shape index (κ3) is 4.54. The minimum atomic E-state index is -0.202. The van der Waals surface area contributed by atoms with Gasteiger partial charge in [-0.15, -0.1) is 0 Å². The first kappa shape index (κ1) is 18.3. The number of hydrogen-bond donors (Lipinski definition) is 2. The van der Waals surface area contributed by atoms with Crippen LogP contribution < -0.4 is 10.1 Å². The number of carbonyl (C=O) groups excluding carboxylic acids is 2. The molecule has 0 saturated carbocycles. The Hall–Kier alpha value is -2.54. The lowest BCUT2D eigenvalue weighted by Crippen LogP contribution is -2.34. The van der Waals surface area contributed by atoms with Crippen LogP contribution >= 0.6 is 11.6 Å². The van der Waals surface area contributed by atoms with Gasteiger partial charge in [0.1, 0.15) is 11.4 Å². The Labute approximate surface area is 156 Å². The summed E-state index contributed by atoms with van der Waals surface area (Å²) in [4.78, 5) is 26.7. The standard InChI is InChI=1S/C18H21ClN4O3/c19-13-4-5-16-14(12-13)17(24)20-7-1-2-9-23(10-3-11-26-16)18(25)15-6-8-21-22-15/h4-6,8,12H,1-3,7,9-11H2,(H,20,24)(H,21,22). The molecule has 2 heterocycles. The van der Waals surface area contributed by atoms with E-state index in [4.69, 9.17) is 16.3 Å². The van der Waals surface area contributed by atoms with E-state index in [1.165, 1.54) is 0 Å². The van der Waals surface area contributed by atoms with Gasteiger partial charge in [-0.3, -0.25) is 14.7 Å². The quantitative estimate of drug-likeness (QED) is 0.800. The fraction of sp³-hybridized carbons (Fsp3) is 0.389. The van der Waals surface area contributed by atoms with Crippen LogP contribution in [0.25, 0.3) is 0 Å². The fourth-order valence-corrected chi connectivity index (χ4v) is 3.00. The summed E-state index contributed by atoms with van der Waals surface area (Å²) in [5.74, 6) is 0.221. The van der Waals surface area contributed by atoms with Crippen LogP contribution in [0.1, 0.15) is 40.1 Å². The van der Waals surface area contributed by atoms with E-state index in [-0.39, 0.29) is 11.8 Å². The average molecular weight is 377 g/mol. The predicted octanol–water partition coefficient (Wildman–Crippen LogP) is 2.50. The SMILES string of the molecule is O=C1NCCCCN(C(=O)c2ccn[nH]2)CCCOc2ccc(Cl)cc21. The Morgan fingerprint density at radius 3 is 2.85 bits per heavy atom. The normalized spacial score (nSPS) is 16.3. The van der Waals surface area contributed by atoms with Crippen LogP contribution in [0.4, 0.5) is 0 Å². The first-order valence-corrected chi connectivity index (χ1v) is 9.02. The molecule has 0 saturated heterocycles. The van der Waals surface area contributed by atoms with Crippen molar-refractivity contribution in [2.45, 2.75) is 19.3 Å². The predicted molar refractivity (Wildman–Crippen MR) is 97.6 cm³/mol. The van der Waals surface area contributed by atoms with Gasteiger partial charge in [0, 0.05) is 30.9 Å². The fourth-order valence-electron chi connectivity index (χ4n) is 2.83. The number of nitrogens with one attached hydrogen (secondary N) is 2. The molecule has 8 heteroatoms. The van der Waals surface area contributed by atoms with Gasteiger partial charge in [-0.1, -0.05) is 11.6 Å². The Bertz CT molecular complexity index is 764. The Morgan fingerprint density at radius 2 is 2.04 bits per heavy atom. The first-order chi connectivity index (χ1) is 12.6. The van der Waals surface area contributed by atoms with E-state index < -0.39 is 0 Å². The smallest absolute Gasteiger partial charge is 0.271 e. The molecule has 7 nitrogen and oxygen atoms in total. The second kappa shape index (κ2) is 8.71. The number of aromatic nitrogens is 2. The number of carbonyl (C=O) groups is 2. The number of halogens is 1. The minimum Gasteiger partial charge on any atom is -0.493 e. The van der Waals surface area contributed by atoms with Crippen molar-refractivity contribution in [3.8, 4) is 5.75 Å². The second-order valence-corrected chi connectivity index (χ2v) is 6.50. The highest BCUT2D eigenvalue weighted by Gasteiger charge is 2.18. The lowest BCUT2D eigenvalue weighted by molar-refractivity contribution is 0.0737. The summed E-state index contributed by atoms with van der Waals surface area (Å²) in [5, 5.41) is 9.92. The molecule has 0 aliphatic carbocycles. The molecule has 0 spiro atoms. The average Bonchev–Trinajstić information content (AvgIpc) is 3.17.